The van der Waals surface area contributed by atoms with Crippen molar-refractivity contribution >= 4 is 0 Å². The summed E-state index contributed by atoms with van der Waals surface area (Å²) in [5.41, 5.74) is 0. The Hall–Kier alpha value is -0.0800. The molecule has 0 spiro atoms. The van der Waals surface area contributed by atoms with Crippen molar-refractivity contribution in [2.24, 2.45) is 5.92 Å². The molecular formula is C13H28N2. The summed E-state index contributed by atoms with van der Waals surface area (Å²) in [6.07, 6.45) is 4.00. The monoisotopic (exact) mass is 212 g/mol. The molecule has 1 aliphatic heterocycles. The maximum Gasteiger partial charge on any atom is 0.0195 e. The molecule has 0 radical (unpaired) electrons. The zero-order valence-corrected chi connectivity index (χ0v) is 10.9. The van der Waals surface area contributed by atoms with E-state index in [-0.39, 0.29) is 0 Å². The van der Waals surface area contributed by atoms with E-state index in [0.29, 0.717) is 6.04 Å². The van der Waals surface area contributed by atoms with E-state index < -0.39 is 0 Å². The van der Waals surface area contributed by atoms with Gasteiger partial charge in [-0.15, -0.1) is 0 Å². The minimum Gasteiger partial charge on any atom is -0.313 e. The first kappa shape index (κ1) is 13.0. The van der Waals surface area contributed by atoms with Gasteiger partial charge in [0.2, 0.25) is 0 Å². The molecule has 2 heteroatoms. The van der Waals surface area contributed by atoms with Crippen molar-refractivity contribution < 1.29 is 0 Å². The second kappa shape index (κ2) is 6.49. The second-order valence-corrected chi connectivity index (χ2v) is 5.27. The molecule has 1 saturated heterocycles. The van der Waals surface area contributed by atoms with E-state index in [9.17, 15) is 0 Å². The molecular weight excluding hydrogens is 184 g/mol. The van der Waals surface area contributed by atoms with Crippen LogP contribution in [0.2, 0.25) is 0 Å². The van der Waals surface area contributed by atoms with Crippen LogP contribution in [0.5, 0.6) is 0 Å². The highest BCUT2D eigenvalue weighted by Gasteiger charge is 2.22. The van der Waals surface area contributed by atoms with Gasteiger partial charge >= 0.3 is 0 Å². The van der Waals surface area contributed by atoms with Gasteiger partial charge in [0.25, 0.3) is 0 Å². The van der Waals surface area contributed by atoms with Crippen LogP contribution in [0.3, 0.4) is 0 Å². The van der Waals surface area contributed by atoms with E-state index in [2.05, 4.69) is 37.9 Å². The molecule has 0 aromatic carbocycles. The molecule has 1 rings (SSSR count). The van der Waals surface area contributed by atoms with E-state index in [1.165, 1.54) is 38.9 Å². The van der Waals surface area contributed by atoms with Crippen molar-refractivity contribution in [1.82, 2.24) is 10.2 Å². The van der Waals surface area contributed by atoms with Crippen molar-refractivity contribution in [3.63, 3.8) is 0 Å². The lowest BCUT2D eigenvalue weighted by atomic mass is 10.0. The maximum absolute atomic E-state index is 3.60. The van der Waals surface area contributed by atoms with Crippen LogP contribution in [0.4, 0.5) is 0 Å². The van der Waals surface area contributed by atoms with Gasteiger partial charge in [0.15, 0.2) is 0 Å². The Bertz CT molecular complexity index is 162. The molecule has 0 bridgehead atoms. The average molecular weight is 212 g/mol. The molecule has 0 aromatic rings. The Kier molecular flexibility index (Phi) is 5.62. The first-order valence-electron chi connectivity index (χ1n) is 6.62. The average Bonchev–Trinajstić information content (AvgIpc) is 2.68. The quantitative estimate of drug-likeness (QED) is 0.728. The van der Waals surface area contributed by atoms with Gasteiger partial charge in [-0.25, -0.2) is 0 Å². The van der Waals surface area contributed by atoms with Crippen molar-refractivity contribution in [2.75, 3.05) is 19.6 Å². The Labute approximate surface area is 95.4 Å². The van der Waals surface area contributed by atoms with Crippen LogP contribution in [0.25, 0.3) is 0 Å². The first-order chi connectivity index (χ1) is 7.15. The highest BCUT2D eigenvalue weighted by molar-refractivity contribution is 4.80. The summed E-state index contributed by atoms with van der Waals surface area (Å²) in [6, 6.07) is 1.46. The van der Waals surface area contributed by atoms with Crippen LogP contribution in [0.1, 0.15) is 47.0 Å². The molecule has 2 nitrogen and oxygen atoms in total. The number of nitrogens with one attached hydrogen (secondary N) is 1. The number of hydrogen-bond donors (Lipinski definition) is 1. The maximum atomic E-state index is 3.60. The summed E-state index contributed by atoms with van der Waals surface area (Å²) in [4.78, 5) is 2.66. The van der Waals surface area contributed by atoms with Crippen molar-refractivity contribution in [1.29, 1.82) is 0 Å². The lowest BCUT2D eigenvalue weighted by Gasteiger charge is -2.33. The standard InChI is InChI=1S/C13H28N2/c1-5-9-15(12(4)11(2)3)10-13-7-6-8-14-13/h11-14H,5-10H2,1-4H3. The van der Waals surface area contributed by atoms with E-state index >= 15 is 0 Å². The van der Waals surface area contributed by atoms with Crippen molar-refractivity contribution in [3.05, 3.63) is 0 Å². The molecule has 1 heterocycles. The molecule has 1 fully saturated rings. The molecule has 90 valence electrons. The summed E-state index contributed by atoms with van der Waals surface area (Å²) in [6.45, 7) is 13.0. The highest BCUT2D eigenvalue weighted by Crippen LogP contribution is 2.14. The highest BCUT2D eigenvalue weighted by atomic mass is 15.2. The zero-order chi connectivity index (χ0) is 11.3. The van der Waals surface area contributed by atoms with Gasteiger partial charge in [0, 0.05) is 18.6 Å². The smallest absolute Gasteiger partial charge is 0.0195 e. The van der Waals surface area contributed by atoms with Crippen LogP contribution < -0.4 is 5.32 Å². The summed E-state index contributed by atoms with van der Waals surface area (Å²) in [5, 5.41) is 3.60. The van der Waals surface area contributed by atoms with Crippen LogP contribution in [0, 0.1) is 5.92 Å². The fourth-order valence-electron chi connectivity index (χ4n) is 2.37. The third-order valence-corrected chi connectivity index (χ3v) is 3.67. The van der Waals surface area contributed by atoms with Gasteiger partial charge < -0.3 is 5.32 Å². The molecule has 0 aliphatic carbocycles. The third kappa shape index (κ3) is 4.12. The van der Waals surface area contributed by atoms with Gasteiger partial charge in [-0.3, -0.25) is 4.90 Å². The van der Waals surface area contributed by atoms with E-state index in [0.717, 1.165) is 12.0 Å². The number of nitrogens with zero attached hydrogens (tertiary/aromatic N) is 1. The number of rotatable bonds is 6. The van der Waals surface area contributed by atoms with Crippen LogP contribution in [-0.2, 0) is 0 Å². The molecule has 0 aromatic heterocycles. The molecule has 1 N–H and O–H groups in total. The fraction of sp³-hybridized carbons (Fsp3) is 1.00. The summed E-state index contributed by atoms with van der Waals surface area (Å²) in [5.74, 6) is 0.762. The minimum absolute atomic E-state index is 0.715. The van der Waals surface area contributed by atoms with Crippen molar-refractivity contribution in [3.8, 4) is 0 Å². The first-order valence-corrected chi connectivity index (χ1v) is 6.62. The molecule has 0 amide bonds. The minimum atomic E-state index is 0.715. The van der Waals surface area contributed by atoms with Gasteiger partial charge in [-0.1, -0.05) is 20.8 Å². The predicted molar refractivity (Wildman–Crippen MR) is 67.2 cm³/mol. The van der Waals surface area contributed by atoms with Crippen LogP contribution >= 0.6 is 0 Å². The topological polar surface area (TPSA) is 15.3 Å². The van der Waals surface area contributed by atoms with E-state index in [1.54, 1.807) is 0 Å². The Morgan fingerprint density at radius 2 is 2.07 bits per heavy atom. The lowest BCUT2D eigenvalue weighted by molar-refractivity contribution is 0.155. The van der Waals surface area contributed by atoms with Gasteiger partial charge in [-0.2, -0.15) is 0 Å². The largest absolute Gasteiger partial charge is 0.313 e. The van der Waals surface area contributed by atoms with Gasteiger partial charge in [0.05, 0.1) is 0 Å². The number of hydrogen-bond acceptors (Lipinski definition) is 2. The lowest BCUT2D eigenvalue weighted by Crippen LogP contribution is -2.44. The van der Waals surface area contributed by atoms with Gasteiger partial charge in [-0.05, 0) is 45.2 Å². The molecule has 1 aliphatic rings. The van der Waals surface area contributed by atoms with Gasteiger partial charge in [0.1, 0.15) is 0 Å². The molecule has 2 unspecified atom stereocenters. The zero-order valence-electron chi connectivity index (χ0n) is 10.9. The Morgan fingerprint density at radius 1 is 1.33 bits per heavy atom. The molecule has 0 saturated carbocycles. The van der Waals surface area contributed by atoms with Crippen molar-refractivity contribution in [2.45, 2.75) is 59.0 Å². The molecule has 15 heavy (non-hydrogen) atoms. The summed E-state index contributed by atoms with van der Waals surface area (Å²) < 4.78 is 0. The van der Waals surface area contributed by atoms with E-state index in [1.807, 2.05) is 0 Å². The van der Waals surface area contributed by atoms with E-state index in [4.69, 9.17) is 0 Å². The van der Waals surface area contributed by atoms with Crippen LogP contribution in [-0.4, -0.2) is 36.6 Å². The molecule has 2 atom stereocenters. The second-order valence-electron chi connectivity index (χ2n) is 5.27. The summed E-state index contributed by atoms with van der Waals surface area (Å²) in [7, 11) is 0. The third-order valence-electron chi connectivity index (χ3n) is 3.67. The van der Waals surface area contributed by atoms with Crippen LogP contribution in [0.15, 0.2) is 0 Å². The Morgan fingerprint density at radius 3 is 2.53 bits per heavy atom. The fourth-order valence-corrected chi connectivity index (χ4v) is 2.37. The Balaban J connectivity index is 2.41. The predicted octanol–water partition coefficient (Wildman–Crippen LogP) is 2.49. The normalized spacial score (nSPS) is 24.0. The summed E-state index contributed by atoms with van der Waals surface area (Å²) >= 11 is 0. The SMILES string of the molecule is CCCN(CC1CCCN1)C(C)C(C)C.